The Bertz CT molecular complexity index is 694. The molecule has 6 N–H and O–H groups in total. The number of amides is 2. The van der Waals surface area contributed by atoms with Gasteiger partial charge in [0.05, 0.1) is 23.1 Å². The van der Waals surface area contributed by atoms with Gasteiger partial charge >= 0.3 is 11.8 Å². The first kappa shape index (κ1) is 21.6. The highest BCUT2D eigenvalue weighted by Gasteiger charge is 2.26. The molecule has 9 heteroatoms. The van der Waals surface area contributed by atoms with Crippen LogP contribution in [0.2, 0.25) is 0 Å². The van der Waals surface area contributed by atoms with Crippen LogP contribution in [0, 0.1) is 11.3 Å². The molecular weight excluding hydrogens is 360 g/mol. The number of nitrogens with zero attached hydrogens (tertiary/aromatic N) is 2. The van der Waals surface area contributed by atoms with Crippen molar-refractivity contribution in [2.75, 3.05) is 43.1 Å². The van der Waals surface area contributed by atoms with Gasteiger partial charge in [0.25, 0.3) is 0 Å². The number of piperidine rings is 1. The van der Waals surface area contributed by atoms with Gasteiger partial charge < -0.3 is 31.8 Å². The van der Waals surface area contributed by atoms with Gasteiger partial charge in [0.2, 0.25) is 0 Å². The van der Waals surface area contributed by atoms with Gasteiger partial charge in [0.15, 0.2) is 0 Å². The molecule has 3 heterocycles. The molecule has 9 nitrogen and oxygen atoms in total. The number of nitrogen functional groups attached to an aromatic ring is 2. The Morgan fingerprint density at radius 2 is 2.00 bits per heavy atom. The van der Waals surface area contributed by atoms with E-state index in [0.29, 0.717) is 19.0 Å². The van der Waals surface area contributed by atoms with Crippen molar-refractivity contribution in [3.05, 3.63) is 11.8 Å². The lowest BCUT2D eigenvalue weighted by Gasteiger charge is -2.30. The highest BCUT2D eigenvalue weighted by atomic mass is 16.5. The van der Waals surface area contributed by atoms with E-state index in [1.54, 1.807) is 4.90 Å². The molecule has 1 aromatic rings. The standard InChI is InChI=1S/C14H20N6O2.C5H10O/c1-8-3-2-4-20(7-8)14(22)13(21)19-10-6-18-12(17)9(5-15)11(10)16;1-2-4-6-5-3-1/h5-6,8,15H,2-4,7H2,1H3,(H,19,21)(H4,16,17,18);1-5H2. The Hall–Kier alpha value is -2.68. The zero-order chi connectivity index (χ0) is 20.5. The minimum Gasteiger partial charge on any atom is -0.396 e. The molecule has 0 saturated carbocycles. The molecule has 2 aliphatic rings. The molecule has 1 atom stereocenters. The molecule has 0 bridgehead atoms. The molecule has 1 aromatic heterocycles. The number of aromatic nitrogens is 1. The van der Waals surface area contributed by atoms with E-state index >= 15 is 0 Å². The number of anilines is 3. The van der Waals surface area contributed by atoms with Crippen molar-refractivity contribution >= 4 is 35.2 Å². The van der Waals surface area contributed by atoms with Gasteiger partial charge in [0, 0.05) is 32.5 Å². The summed E-state index contributed by atoms with van der Waals surface area (Å²) in [5.74, 6) is -0.859. The predicted molar refractivity (Wildman–Crippen MR) is 109 cm³/mol. The van der Waals surface area contributed by atoms with Crippen LogP contribution in [0.15, 0.2) is 6.20 Å². The molecule has 2 fully saturated rings. The van der Waals surface area contributed by atoms with Crippen LogP contribution in [0.4, 0.5) is 17.2 Å². The molecule has 28 heavy (non-hydrogen) atoms. The zero-order valence-electron chi connectivity index (χ0n) is 16.4. The van der Waals surface area contributed by atoms with Crippen LogP contribution in [-0.2, 0) is 14.3 Å². The average molecular weight is 390 g/mol. The van der Waals surface area contributed by atoms with E-state index in [9.17, 15) is 9.59 Å². The molecular formula is C19H30N6O3. The summed E-state index contributed by atoms with van der Waals surface area (Å²) >= 11 is 0. The molecule has 2 aliphatic heterocycles. The maximum absolute atomic E-state index is 12.2. The first-order chi connectivity index (χ1) is 13.4. The van der Waals surface area contributed by atoms with Gasteiger partial charge in [-0.2, -0.15) is 0 Å². The summed E-state index contributed by atoms with van der Waals surface area (Å²) in [6.07, 6.45) is 8.12. The van der Waals surface area contributed by atoms with Crippen LogP contribution in [0.1, 0.15) is 44.6 Å². The number of pyridine rings is 1. The molecule has 0 radical (unpaired) electrons. The summed E-state index contributed by atoms with van der Waals surface area (Å²) in [7, 11) is 0. The van der Waals surface area contributed by atoms with Crippen molar-refractivity contribution in [3.8, 4) is 0 Å². The van der Waals surface area contributed by atoms with Gasteiger partial charge in [-0.05, 0) is 38.0 Å². The number of carbonyl (C=O) groups is 2. The van der Waals surface area contributed by atoms with Gasteiger partial charge in [-0.1, -0.05) is 6.92 Å². The third-order valence-corrected chi connectivity index (χ3v) is 4.80. The fourth-order valence-corrected chi connectivity index (χ4v) is 3.19. The van der Waals surface area contributed by atoms with E-state index in [4.69, 9.17) is 21.6 Å². The van der Waals surface area contributed by atoms with Crippen molar-refractivity contribution in [3.63, 3.8) is 0 Å². The van der Waals surface area contributed by atoms with Gasteiger partial charge in [-0.15, -0.1) is 0 Å². The maximum Gasteiger partial charge on any atom is 0.314 e. The number of carbonyl (C=O) groups excluding carboxylic acids is 2. The second-order valence-corrected chi connectivity index (χ2v) is 7.15. The highest BCUT2D eigenvalue weighted by molar-refractivity contribution is 6.39. The third kappa shape index (κ3) is 5.91. The fourth-order valence-electron chi connectivity index (χ4n) is 3.19. The quantitative estimate of drug-likeness (QED) is 0.446. The summed E-state index contributed by atoms with van der Waals surface area (Å²) in [4.78, 5) is 29.6. The molecule has 0 aromatic carbocycles. The molecule has 154 valence electrons. The van der Waals surface area contributed by atoms with Crippen LogP contribution in [-0.4, -0.2) is 54.2 Å². The lowest BCUT2D eigenvalue weighted by molar-refractivity contribution is -0.144. The third-order valence-electron chi connectivity index (χ3n) is 4.80. The smallest absolute Gasteiger partial charge is 0.314 e. The minimum atomic E-state index is -0.761. The van der Waals surface area contributed by atoms with Crippen LogP contribution in [0.5, 0.6) is 0 Å². The molecule has 2 amide bonds. The Labute approximate surface area is 165 Å². The van der Waals surface area contributed by atoms with Gasteiger partial charge in [-0.25, -0.2) is 4.98 Å². The summed E-state index contributed by atoms with van der Waals surface area (Å²) in [6, 6.07) is 0. The van der Waals surface area contributed by atoms with E-state index in [-0.39, 0.29) is 22.8 Å². The summed E-state index contributed by atoms with van der Waals surface area (Å²) in [6.45, 7) is 5.21. The number of nitrogens with two attached hydrogens (primary N) is 2. The molecule has 0 aliphatic carbocycles. The number of rotatable bonds is 2. The van der Waals surface area contributed by atoms with E-state index in [0.717, 1.165) is 32.3 Å². The largest absolute Gasteiger partial charge is 0.396 e. The van der Waals surface area contributed by atoms with Crippen LogP contribution in [0.25, 0.3) is 0 Å². The van der Waals surface area contributed by atoms with Crippen molar-refractivity contribution in [2.24, 2.45) is 5.92 Å². The van der Waals surface area contributed by atoms with Crippen LogP contribution < -0.4 is 16.8 Å². The summed E-state index contributed by atoms with van der Waals surface area (Å²) < 4.78 is 5.07. The summed E-state index contributed by atoms with van der Waals surface area (Å²) in [5.41, 5.74) is 11.9. The normalized spacial score (nSPS) is 19.2. The maximum atomic E-state index is 12.2. The first-order valence-electron chi connectivity index (χ1n) is 9.66. The second kappa shape index (κ2) is 10.6. The number of likely N-dealkylation sites (tertiary alicyclic amines) is 1. The second-order valence-electron chi connectivity index (χ2n) is 7.15. The van der Waals surface area contributed by atoms with E-state index in [1.165, 1.54) is 25.5 Å². The Balaban J connectivity index is 0.000000397. The van der Waals surface area contributed by atoms with Crippen LogP contribution in [0.3, 0.4) is 0 Å². The predicted octanol–water partition coefficient (Wildman–Crippen LogP) is 1.63. The van der Waals surface area contributed by atoms with Crippen molar-refractivity contribution in [1.29, 1.82) is 5.41 Å². The van der Waals surface area contributed by atoms with Crippen molar-refractivity contribution in [2.45, 2.75) is 39.0 Å². The minimum absolute atomic E-state index is 0.0988. The van der Waals surface area contributed by atoms with Crippen molar-refractivity contribution < 1.29 is 14.3 Å². The summed E-state index contributed by atoms with van der Waals surface area (Å²) in [5, 5.41) is 9.71. The lowest BCUT2D eigenvalue weighted by atomic mass is 10.0. The van der Waals surface area contributed by atoms with Gasteiger partial charge in [-0.3, -0.25) is 9.59 Å². The Morgan fingerprint density at radius 1 is 1.29 bits per heavy atom. The SMILES string of the molecule is C1CCOCC1.CC1CCCN(C(=O)C(=O)Nc2cnc(N)c(C=N)c2N)C1. The molecule has 3 rings (SSSR count). The molecule has 2 saturated heterocycles. The number of hydrogen-bond acceptors (Lipinski definition) is 7. The monoisotopic (exact) mass is 390 g/mol. The Morgan fingerprint density at radius 3 is 2.54 bits per heavy atom. The van der Waals surface area contributed by atoms with E-state index < -0.39 is 11.8 Å². The fraction of sp³-hybridized carbons (Fsp3) is 0.579. The van der Waals surface area contributed by atoms with Crippen molar-refractivity contribution in [1.82, 2.24) is 9.88 Å². The molecule has 1 unspecified atom stereocenters. The number of nitrogens with one attached hydrogen (secondary N) is 2. The average Bonchev–Trinajstić information content (AvgIpc) is 2.71. The zero-order valence-corrected chi connectivity index (χ0v) is 16.4. The highest BCUT2D eigenvalue weighted by Crippen LogP contribution is 2.24. The van der Waals surface area contributed by atoms with Crippen LogP contribution >= 0.6 is 0 Å². The number of ether oxygens (including phenoxy) is 1. The Kier molecular flexibility index (Phi) is 8.19. The lowest BCUT2D eigenvalue weighted by Crippen LogP contribution is -2.44. The topological polar surface area (TPSA) is 147 Å². The number of hydrogen-bond donors (Lipinski definition) is 4. The van der Waals surface area contributed by atoms with E-state index in [2.05, 4.69) is 17.2 Å². The van der Waals surface area contributed by atoms with Gasteiger partial charge in [0.1, 0.15) is 5.82 Å². The van der Waals surface area contributed by atoms with E-state index in [1.807, 2.05) is 0 Å². The first-order valence-corrected chi connectivity index (χ1v) is 9.66. The molecule has 0 spiro atoms.